The Morgan fingerprint density at radius 3 is 2.88 bits per heavy atom. The molecule has 3 nitrogen and oxygen atoms in total. The van der Waals surface area contributed by atoms with Crippen LogP contribution in [-0.2, 0) is 6.54 Å². The Morgan fingerprint density at radius 2 is 2.24 bits per heavy atom. The predicted octanol–water partition coefficient (Wildman–Crippen LogP) is 2.15. The first-order valence-corrected chi connectivity index (χ1v) is 6.51. The van der Waals surface area contributed by atoms with Crippen molar-refractivity contribution in [3.05, 3.63) is 30.1 Å². The van der Waals surface area contributed by atoms with Crippen LogP contribution in [-0.4, -0.2) is 36.6 Å². The largest absolute Gasteiger partial charge is 0.316 e. The van der Waals surface area contributed by atoms with E-state index in [1.807, 2.05) is 18.3 Å². The number of aromatic nitrogens is 1. The fraction of sp³-hybridized carbons (Fsp3) is 0.643. The van der Waals surface area contributed by atoms with E-state index in [1.165, 1.54) is 6.42 Å². The van der Waals surface area contributed by atoms with Gasteiger partial charge in [-0.05, 0) is 44.6 Å². The van der Waals surface area contributed by atoms with Gasteiger partial charge in [0.05, 0.1) is 5.69 Å². The van der Waals surface area contributed by atoms with Gasteiger partial charge in [-0.15, -0.1) is 0 Å². The van der Waals surface area contributed by atoms with E-state index in [1.54, 1.807) is 0 Å². The van der Waals surface area contributed by atoms with Gasteiger partial charge in [0.25, 0.3) is 0 Å². The van der Waals surface area contributed by atoms with Crippen LogP contribution in [0.3, 0.4) is 0 Å². The van der Waals surface area contributed by atoms with E-state index < -0.39 is 0 Å². The fourth-order valence-corrected chi connectivity index (χ4v) is 1.95. The van der Waals surface area contributed by atoms with Gasteiger partial charge < -0.3 is 10.2 Å². The van der Waals surface area contributed by atoms with E-state index in [0.29, 0.717) is 5.92 Å². The predicted molar refractivity (Wildman–Crippen MR) is 72.9 cm³/mol. The minimum atomic E-state index is 0.676. The molecule has 96 valence electrons. The molecule has 0 aliphatic carbocycles. The Labute approximate surface area is 105 Å². The average molecular weight is 235 g/mol. The van der Waals surface area contributed by atoms with Gasteiger partial charge in [-0.2, -0.15) is 0 Å². The summed E-state index contributed by atoms with van der Waals surface area (Å²) >= 11 is 0. The first kappa shape index (κ1) is 14.1. The van der Waals surface area contributed by atoms with Crippen molar-refractivity contribution in [2.75, 3.05) is 26.7 Å². The molecule has 1 aromatic rings. The van der Waals surface area contributed by atoms with Crippen LogP contribution in [0.1, 0.15) is 26.0 Å². The summed E-state index contributed by atoms with van der Waals surface area (Å²) in [6, 6.07) is 6.08. The lowest BCUT2D eigenvalue weighted by Gasteiger charge is -2.21. The zero-order valence-electron chi connectivity index (χ0n) is 11.3. The van der Waals surface area contributed by atoms with Gasteiger partial charge in [0, 0.05) is 19.3 Å². The number of hydrogen-bond acceptors (Lipinski definition) is 3. The number of nitrogens with one attached hydrogen (secondary N) is 1. The molecule has 1 atom stereocenters. The lowest BCUT2D eigenvalue weighted by Crippen LogP contribution is -2.31. The van der Waals surface area contributed by atoms with Crippen LogP contribution in [0, 0.1) is 5.92 Å². The molecular formula is C14H25N3. The van der Waals surface area contributed by atoms with Gasteiger partial charge in [-0.1, -0.05) is 19.9 Å². The summed E-state index contributed by atoms with van der Waals surface area (Å²) < 4.78 is 0. The fourth-order valence-electron chi connectivity index (χ4n) is 1.95. The highest BCUT2D eigenvalue weighted by Crippen LogP contribution is 2.02. The third kappa shape index (κ3) is 6.39. The average Bonchev–Trinajstić information content (AvgIpc) is 2.30. The maximum Gasteiger partial charge on any atom is 0.0543 e. The minimum absolute atomic E-state index is 0.676. The Bertz CT molecular complexity index is 287. The highest BCUT2D eigenvalue weighted by atomic mass is 15.1. The molecule has 1 rings (SSSR count). The van der Waals surface area contributed by atoms with Crippen molar-refractivity contribution in [1.29, 1.82) is 0 Å². The van der Waals surface area contributed by atoms with Crippen molar-refractivity contribution in [3.8, 4) is 0 Å². The van der Waals surface area contributed by atoms with E-state index in [2.05, 4.69) is 42.2 Å². The van der Waals surface area contributed by atoms with Gasteiger partial charge in [0.15, 0.2) is 0 Å². The van der Waals surface area contributed by atoms with Gasteiger partial charge >= 0.3 is 0 Å². The molecular weight excluding hydrogens is 210 g/mol. The van der Waals surface area contributed by atoms with Crippen LogP contribution >= 0.6 is 0 Å². The van der Waals surface area contributed by atoms with Crippen LogP contribution < -0.4 is 5.32 Å². The zero-order chi connectivity index (χ0) is 12.5. The molecule has 0 radical (unpaired) electrons. The van der Waals surface area contributed by atoms with Crippen LogP contribution in [0.5, 0.6) is 0 Å². The first-order chi connectivity index (χ1) is 8.22. The highest BCUT2D eigenvalue weighted by molar-refractivity contribution is 5.02. The molecule has 0 saturated carbocycles. The van der Waals surface area contributed by atoms with Crippen LogP contribution in [0.25, 0.3) is 0 Å². The molecule has 0 saturated heterocycles. The quantitative estimate of drug-likeness (QED) is 0.700. The number of nitrogens with zero attached hydrogens (tertiary/aromatic N) is 2. The SMILES string of the molecule is CCCNCC(C)CN(C)Cc1ccccn1. The summed E-state index contributed by atoms with van der Waals surface area (Å²) in [5, 5.41) is 3.46. The van der Waals surface area contributed by atoms with Crippen LogP contribution in [0.4, 0.5) is 0 Å². The summed E-state index contributed by atoms with van der Waals surface area (Å²) in [6.07, 6.45) is 3.06. The molecule has 3 heteroatoms. The van der Waals surface area contributed by atoms with Gasteiger partial charge in [-0.3, -0.25) is 4.98 Å². The zero-order valence-corrected chi connectivity index (χ0v) is 11.3. The maximum atomic E-state index is 4.34. The molecule has 1 aromatic heterocycles. The molecule has 17 heavy (non-hydrogen) atoms. The molecule has 0 bridgehead atoms. The van der Waals surface area contributed by atoms with Crippen molar-refractivity contribution in [3.63, 3.8) is 0 Å². The molecule has 0 spiro atoms. The monoisotopic (exact) mass is 235 g/mol. The molecule has 0 aromatic carbocycles. The van der Waals surface area contributed by atoms with Crippen molar-refractivity contribution >= 4 is 0 Å². The Balaban J connectivity index is 2.22. The summed E-state index contributed by atoms with van der Waals surface area (Å²) in [5.41, 5.74) is 1.14. The third-order valence-electron chi connectivity index (χ3n) is 2.70. The van der Waals surface area contributed by atoms with Crippen LogP contribution in [0.15, 0.2) is 24.4 Å². The summed E-state index contributed by atoms with van der Waals surface area (Å²) in [4.78, 5) is 6.68. The standard InChI is InChI=1S/C14H25N3/c1-4-8-15-10-13(2)11-17(3)12-14-7-5-6-9-16-14/h5-7,9,13,15H,4,8,10-12H2,1-3H3. The van der Waals surface area contributed by atoms with E-state index in [-0.39, 0.29) is 0 Å². The summed E-state index contributed by atoms with van der Waals surface area (Å²) in [6.45, 7) is 8.74. The van der Waals surface area contributed by atoms with E-state index >= 15 is 0 Å². The molecule has 0 aliphatic rings. The van der Waals surface area contributed by atoms with E-state index in [0.717, 1.165) is 31.9 Å². The normalized spacial score (nSPS) is 12.9. The lowest BCUT2D eigenvalue weighted by molar-refractivity contribution is 0.271. The van der Waals surface area contributed by atoms with Crippen molar-refractivity contribution in [1.82, 2.24) is 15.2 Å². The van der Waals surface area contributed by atoms with Crippen molar-refractivity contribution in [2.45, 2.75) is 26.8 Å². The van der Waals surface area contributed by atoms with Gasteiger partial charge in [0.2, 0.25) is 0 Å². The smallest absolute Gasteiger partial charge is 0.0543 e. The second-order valence-corrected chi connectivity index (χ2v) is 4.83. The topological polar surface area (TPSA) is 28.2 Å². The van der Waals surface area contributed by atoms with E-state index in [9.17, 15) is 0 Å². The maximum absolute atomic E-state index is 4.34. The first-order valence-electron chi connectivity index (χ1n) is 6.51. The molecule has 0 amide bonds. The summed E-state index contributed by atoms with van der Waals surface area (Å²) in [7, 11) is 2.16. The second-order valence-electron chi connectivity index (χ2n) is 4.83. The molecule has 1 N–H and O–H groups in total. The summed E-state index contributed by atoms with van der Waals surface area (Å²) in [5.74, 6) is 0.676. The van der Waals surface area contributed by atoms with Crippen LogP contribution in [0.2, 0.25) is 0 Å². The Kier molecular flexibility index (Phi) is 6.82. The third-order valence-corrected chi connectivity index (χ3v) is 2.70. The Morgan fingerprint density at radius 1 is 1.41 bits per heavy atom. The van der Waals surface area contributed by atoms with Crippen molar-refractivity contribution in [2.24, 2.45) is 5.92 Å². The number of pyridine rings is 1. The molecule has 1 heterocycles. The molecule has 1 unspecified atom stereocenters. The second kappa shape index (κ2) is 8.20. The van der Waals surface area contributed by atoms with Gasteiger partial charge in [-0.25, -0.2) is 0 Å². The molecule has 0 aliphatic heterocycles. The number of rotatable bonds is 8. The minimum Gasteiger partial charge on any atom is -0.316 e. The lowest BCUT2D eigenvalue weighted by atomic mass is 10.1. The van der Waals surface area contributed by atoms with Gasteiger partial charge in [0.1, 0.15) is 0 Å². The number of hydrogen-bond donors (Lipinski definition) is 1. The Hall–Kier alpha value is -0.930. The van der Waals surface area contributed by atoms with E-state index in [4.69, 9.17) is 0 Å². The van der Waals surface area contributed by atoms with Crippen molar-refractivity contribution < 1.29 is 0 Å². The highest BCUT2D eigenvalue weighted by Gasteiger charge is 2.06. The molecule has 0 fully saturated rings.